The molecule has 0 amide bonds. The van der Waals surface area contributed by atoms with Crippen molar-refractivity contribution in [1.82, 2.24) is 0 Å². The van der Waals surface area contributed by atoms with Crippen LogP contribution < -0.4 is 0 Å². The molecule has 3 nitrogen and oxygen atoms in total. The molecule has 1 saturated heterocycles. The minimum absolute atomic E-state index is 0.200. The number of allylic oxidation sites excluding steroid dienone is 1. The Hall–Kier alpha value is -1.55. The first-order valence-corrected chi connectivity index (χ1v) is 7.31. The van der Waals surface area contributed by atoms with Crippen molar-refractivity contribution in [1.29, 1.82) is 0 Å². The predicted molar refractivity (Wildman–Crippen MR) is 77.2 cm³/mol. The second-order valence-electron chi connectivity index (χ2n) is 4.50. The molecule has 1 aliphatic heterocycles. The van der Waals surface area contributed by atoms with Gasteiger partial charge in [-0.1, -0.05) is 31.2 Å². The smallest absolute Gasteiger partial charge is 0.310 e. The Bertz CT molecular complexity index is 517. The fraction of sp³-hybridized carbons (Fsp3) is 0.333. The minimum atomic E-state index is -0.796. The van der Waals surface area contributed by atoms with Crippen LogP contribution in [0.5, 0.6) is 0 Å². The van der Waals surface area contributed by atoms with Crippen LogP contribution in [0.2, 0.25) is 0 Å². The van der Waals surface area contributed by atoms with Gasteiger partial charge < -0.3 is 5.11 Å². The van der Waals surface area contributed by atoms with E-state index in [1.165, 1.54) is 0 Å². The maximum Gasteiger partial charge on any atom is 0.310 e. The van der Waals surface area contributed by atoms with Crippen molar-refractivity contribution in [3.63, 3.8) is 0 Å². The van der Waals surface area contributed by atoms with Crippen molar-refractivity contribution >= 4 is 29.6 Å². The lowest BCUT2D eigenvalue weighted by molar-refractivity contribution is -0.138. The summed E-state index contributed by atoms with van der Waals surface area (Å²) in [6.45, 7) is 1.86. The molecule has 0 aliphatic carbocycles. The van der Waals surface area contributed by atoms with Gasteiger partial charge in [0.15, 0.2) is 5.78 Å². The lowest BCUT2D eigenvalue weighted by Crippen LogP contribution is -2.10. The van der Waals surface area contributed by atoms with Crippen LogP contribution >= 0.6 is 11.8 Å². The Balaban J connectivity index is 2.19. The third kappa shape index (κ3) is 3.26. The van der Waals surface area contributed by atoms with Gasteiger partial charge in [-0.3, -0.25) is 9.59 Å². The first-order valence-electron chi connectivity index (χ1n) is 6.32. The topological polar surface area (TPSA) is 54.4 Å². The number of rotatable bonds is 4. The van der Waals surface area contributed by atoms with Gasteiger partial charge in [-0.05, 0) is 23.6 Å². The number of carbonyl (C=O) groups is 2. The normalized spacial score (nSPS) is 18.8. The lowest BCUT2D eigenvalue weighted by atomic mass is 9.96. The Labute approximate surface area is 116 Å². The lowest BCUT2D eigenvalue weighted by Gasteiger charge is -2.10. The van der Waals surface area contributed by atoms with E-state index in [1.807, 2.05) is 37.3 Å². The zero-order chi connectivity index (χ0) is 13.8. The van der Waals surface area contributed by atoms with E-state index in [0.29, 0.717) is 12.8 Å². The van der Waals surface area contributed by atoms with Crippen LogP contribution in [0.3, 0.4) is 0 Å². The van der Waals surface area contributed by atoms with Crippen LogP contribution in [0.4, 0.5) is 0 Å². The molecule has 1 unspecified atom stereocenters. The molecule has 0 saturated carbocycles. The zero-order valence-electron chi connectivity index (χ0n) is 10.8. The summed E-state index contributed by atoms with van der Waals surface area (Å²) in [5.74, 6) is -0.190. The maximum atomic E-state index is 11.5. The van der Waals surface area contributed by atoms with Crippen molar-refractivity contribution in [3.05, 3.63) is 40.3 Å². The molecule has 1 atom stereocenters. The molecular weight excluding hydrogens is 260 g/mol. The summed E-state index contributed by atoms with van der Waals surface area (Å²) in [6.07, 6.45) is 3.07. The van der Waals surface area contributed by atoms with E-state index >= 15 is 0 Å². The van der Waals surface area contributed by atoms with Gasteiger partial charge in [-0.25, -0.2) is 0 Å². The number of hydrogen-bond acceptors (Lipinski definition) is 3. The molecule has 4 heteroatoms. The number of Topliss-reactive ketones (excluding diaryl/α,β-unsaturated/α-hetero) is 1. The van der Waals surface area contributed by atoms with Crippen LogP contribution in [0.15, 0.2) is 29.2 Å². The van der Waals surface area contributed by atoms with Crippen LogP contribution in [-0.4, -0.2) is 22.6 Å². The summed E-state index contributed by atoms with van der Waals surface area (Å²) < 4.78 is 0. The van der Waals surface area contributed by atoms with Gasteiger partial charge in [0.25, 0.3) is 0 Å². The number of thioether (sulfide) groups is 1. The third-order valence-corrected chi connectivity index (χ3v) is 4.27. The number of benzene rings is 1. The summed E-state index contributed by atoms with van der Waals surface area (Å²) >= 11 is 1.58. The standard InChI is InChI=1S/C15H16O3S/c1-2-12(15(17)18)11-5-3-10(4-6-11)9-14-13(16)7-8-19-14/h3-6,9,12H,2,7-8H2,1H3,(H,17,18). The van der Waals surface area contributed by atoms with Crippen LogP contribution in [0.1, 0.15) is 36.8 Å². The molecule has 0 aromatic heterocycles. The van der Waals surface area contributed by atoms with Gasteiger partial charge in [-0.15, -0.1) is 11.8 Å². The second-order valence-corrected chi connectivity index (χ2v) is 5.63. The summed E-state index contributed by atoms with van der Waals surface area (Å²) in [7, 11) is 0. The van der Waals surface area contributed by atoms with Gasteiger partial charge in [0.1, 0.15) is 0 Å². The highest BCUT2D eigenvalue weighted by Gasteiger charge is 2.18. The second kappa shape index (κ2) is 6.06. The number of carboxylic acid groups (broad SMARTS) is 1. The molecule has 100 valence electrons. The maximum absolute atomic E-state index is 11.5. The SMILES string of the molecule is CCC(C(=O)O)c1ccc(C=C2SCCC2=O)cc1. The Morgan fingerprint density at radius 2 is 2.11 bits per heavy atom. The molecule has 1 aromatic carbocycles. The van der Waals surface area contributed by atoms with Gasteiger partial charge >= 0.3 is 5.97 Å². The average molecular weight is 276 g/mol. The molecule has 1 fully saturated rings. The summed E-state index contributed by atoms with van der Waals surface area (Å²) in [5.41, 5.74) is 1.75. The molecule has 19 heavy (non-hydrogen) atoms. The van der Waals surface area contributed by atoms with E-state index in [-0.39, 0.29) is 5.78 Å². The van der Waals surface area contributed by atoms with Gasteiger partial charge in [0, 0.05) is 12.2 Å². The fourth-order valence-electron chi connectivity index (χ4n) is 2.11. The number of hydrogen-bond donors (Lipinski definition) is 1. The highest BCUT2D eigenvalue weighted by atomic mass is 32.2. The highest BCUT2D eigenvalue weighted by molar-refractivity contribution is 8.04. The zero-order valence-corrected chi connectivity index (χ0v) is 11.6. The van der Waals surface area contributed by atoms with E-state index < -0.39 is 11.9 Å². The molecule has 1 aromatic rings. The third-order valence-electron chi connectivity index (χ3n) is 3.20. The van der Waals surface area contributed by atoms with E-state index in [4.69, 9.17) is 5.11 Å². The minimum Gasteiger partial charge on any atom is -0.481 e. The number of ketones is 1. The van der Waals surface area contributed by atoms with Gasteiger partial charge in [0.2, 0.25) is 0 Å². The molecule has 0 spiro atoms. The Morgan fingerprint density at radius 3 is 2.58 bits per heavy atom. The van der Waals surface area contributed by atoms with Crippen molar-refractivity contribution < 1.29 is 14.7 Å². The fourth-order valence-corrected chi connectivity index (χ4v) is 3.10. The quantitative estimate of drug-likeness (QED) is 0.857. The summed E-state index contributed by atoms with van der Waals surface area (Å²) in [4.78, 5) is 23.4. The first-order chi connectivity index (χ1) is 9.11. The van der Waals surface area contributed by atoms with Crippen molar-refractivity contribution in [2.75, 3.05) is 5.75 Å². The molecule has 1 heterocycles. The van der Waals surface area contributed by atoms with E-state index in [9.17, 15) is 9.59 Å². The number of carboxylic acids is 1. The predicted octanol–water partition coefficient (Wildman–Crippen LogP) is 3.31. The monoisotopic (exact) mass is 276 g/mol. The highest BCUT2D eigenvalue weighted by Crippen LogP contribution is 2.29. The first kappa shape index (κ1) is 13.9. The average Bonchev–Trinajstić information content (AvgIpc) is 2.78. The van der Waals surface area contributed by atoms with Crippen molar-refractivity contribution in [2.45, 2.75) is 25.7 Å². The van der Waals surface area contributed by atoms with Gasteiger partial charge in [-0.2, -0.15) is 0 Å². The molecule has 0 bridgehead atoms. The van der Waals surface area contributed by atoms with Gasteiger partial charge in [0.05, 0.1) is 10.8 Å². The van der Waals surface area contributed by atoms with E-state index in [0.717, 1.165) is 21.8 Å². The molecular formula is C15H16O3S. The van der Waals surface area contributed by atoms with Crippen molar-refractivity contribution in [2.24, 2.45) is 0 Å². The van der Waals surface area contributed by atoms with Crippen molar-refractivity contribution in [3.8, 4) is 0 Å². The summed E-state index contributed by atoms with van der Waals surface area (Å²) in [6, 6.07) is 7.41. The van der Waals surface area contributed by atoms with Crippen LogP contribution in [0.25, 0.3) is 6.08 Å². The number of carbonyl (C=O) groups excluding carboxylic acids is 1. The molecule has 1 N–H and O–H groups in total. The Morgan fingerprint density at radius 1 is 1.42 bits per heavy atom. The molecule has 0 radical (unpaired) electrons. The molecule has 1 aliphatic rings. The largest absolute Gasteiger partial charge is 0.481 e. The Kier molecular flexibility index (Phi) is 4.43. The van der Waals surface area contributed by atoms with E-state index in [2.05, 4.69) is 0 Å². The van der Waals surface area contributed by atoms with E-state index in [1.54, 1.807) is 11.8 Å². The van der Waals surface area contributed by atoms with Crippen LogP contribution in [0, 0.1) is 0 Å². The van der Waals surface area contributed by atoms with Crippen LogP contribution in [-0.2, 0) is 9.59 Å². The molecule has 2 rings (SSSR count). The number of aliphatic carboxylic acids is 1. The summed E-state index contributed by atoms with van der Waals surface area (Å²) in [5, 5.41) is 9.10.